The Morgan fingerprint density at radius 3 is 2.38 bits per heavy atom. The molecule has 3 N–H and O–H groups in total. The summed E-state index contributed by atoms with van der Waals surface area (Å²) in [5.74, 6) is -1.12. The predicted molar refractivity (Wildman–Crippen MR) is 113 cm³/mol. The van der Waals surface area contributed by atoms with Crippen molar-refractivity contribution in [2.24, 2.45) is 5.73 Å². The Bertz CT molecular complexity index is 576. The third kappa shape index (κ3) is 10.9. The Balaban J connectivity index is 0.000000502. The van der Waals surface area contributed by atoms with Crippen LogP contribution in [0.5, 0.6) is 0 Å². The van der Waals surface area contributed by atoms with Gasteiger partial charge < -0.3 is 20.3 Å². The summed E-state index contributed by atoms with van der Waals surface area (Å²) in [5.41, 5.74) is 6.58. The summed E-state index contributed by atoms with van der Waals surface area (Å²) in [4.78, 5) is 24.1. The van der Waals surface area contributed by atoms with E-state index < -0.39 is 18.1 Å². The fourth-order valence-corrected chi connectivity index (χ4v) is 2.88. The van der Waals surface area contributed by atoms with Crippen molar-refractivity contribution >= 4 is 12.1 Å². The Morgan fingerprint density at radius 1 is 1.21 bits per heavy atom. The second-order valence-electron chi connectivity index (χ2n) is 7.33. The Labute approximate surface area is 174 Å². The van der Waals surface area contributed by atoms with Crippen LogP contribution in [0.2, 0.25) is 0 Å². The number of carbonyl (C=O) groups excluding carboxylic acids is 1. The number of nitrogens with two attached hydrogens (primary N) is 1. The van der Waals surface area contributed by atoms with Gasteiger partial charge in [-0.05, 0) is 24.8 Å². The van der Waals surface area contributed by atoms with Crippen LogP contribution in [0.1, 0.15) is 57.4 Å². The Kier molecular flexibility index (Phi) is 12.7. The number of hydrogen-bond donors (Lipinski definition) is 2. The molecule has 7 nitrogen and oxygen atoms in total. The average Bonchev–Trinajstić information content (AvgIpc) is 2.72. The molecule has 0 aliphatic heterocycles. The molecule has 0 aromatic heterocycles. The molecule has 1 aromatic rings. The van der Waals surface area contributed by atoms with Gasteiger partial charge in [0.15, 0.2) is 6.04 Å². The lowest BCUT2D eigenvalue weighted by molar-refractivity contribution is -0.144. The van der Waals surface area contributed by atoms with Gasteiger partial charge in [-0.25, -0.2) is 9.59 Å². The zero-order valence-corrected chi connectivity index (χ0v) is 17.7. The third-order valence-electron chi connectivity index (χ3n) is 4.80. The average molecular weight is 409 g/mol. The zero-order chi connectivity index (χ0) is 21.5. The fourth-order valence-electron chi connectivity index (χ4n) is 2.88. The highest BCUT2D eigenvalue weighted by atomic mass is 16.6. The van der Waals surface area contributed by atoms with Crippen molar-refractivity contribution in [1.82, 2.24) is 4.90 Å². The number of benzene rings is 1. The van der Waals surface area contributed by atoms with Crippen molar-refractivity contribution in [3.8, 4) is 0 Å². The van der Waals surface area contributed by atoms with E-state index in [1.807, 2.05) is 37.3 Å². The molecule has 2 rings (SSSR count). The summed E-state index contributed by atoms with van der Waals surface area (Å²) in [6, 6.07) is 8.89. The standard InChI is InChI=1S/C16H23NO5.C6H13N/c1-3-4-10-22-16(20)17(2)14(15(18)19)12-21-11-13-8-6-5-7-9-13;7-6-4-2-1-3-5-6/h5-9,14H,3-4,10-12H2,1-2H3,(H,18,19);6H,1-5,7H2/t14-;/m0./s1. The molecule has 164 valence electrons. The molecule has 1 fully saturated rings. The van der Waals surface area contributed by atoms with Gasteiger partial charge in [0.1, 0.15) is 0 Å². The normalized spacial score (nSPS) is 15.0. The van der Waals surface area contributed by atoms with E-state index in [4.69, 9.17) is 15.2 Å². The molecule has 1 aliphatic rings. The van der Waals surface area contributed by atoms with Crippen molar-refractivity contribution in [1.29, 1.82) is 0 Å². The van der Waals surface area contributed by atoms with E-state index in [0.29, 0.717) is 12.6 Å². The summed E-state index contributed by atoms with van der Waals surface area (Å²) >= 11 is 0. The van der Waals surface area contributed by atoms with E-state index in [-0.39, 0.29) is 13.2 Å². The first-order valence-corrected chi connectivity index (χ1v) is 10.4. The molecule has 0 spiro atoms. The Hall–Kier alpha value is -2.12. The van der Waals surface area contributed by atoms with Gasteiger partial charge in [0, 0.05) is 13.1 Å². The SMILES string of the molecule is CCCCOC(=O)N(C)[C@@H](COCc1ccccc1)C(=O)O.NC1CCCCC1. The number of aliphatic carboxylic acids is 1. The second-order valence-corrected chi connectivity index (χ2v) is 7.33. The molecule has 0 radical (unpaired) electrons. The van der Waals surface area contributed by atoms with Crippen LogP contribution in [0.3, 0.4) is 0 Å². The molecule has 1 aromatic carbocycles. The molecule has 0 bridgehead atoms. The second kappa shape index (κ2) is 14.8. The molecule has 0 saturated heterocycles. The number of nitrogens with zero attached hydrogens (tertiary/aromatic N) is 1. The summed E-state index contributed by atoms with van der Waals surface area (Å²) in [6.45, 7) is 2.47. The molecule has 29 heavy (non-hydrogen) atoms. The maximum Gasteiger partial charge on any atom is 0.410 e. The van der Waals surface area contributed by atoms with E-state index >= 15 is 0 Å². The highest BCUT2D eigenvalue weighted by molar-refractivity contribution is 5.79. The molecule has 1 atom stereocenters. The van der Waals surface area contributed by atoms with Gasteiger partial charge in [-0.15, -0.1) is 0 Å². The van der Waals surface area contributed by atoms with E-state index in [1.54, 1.807) is 0 Å². The van der Waals surface area contributed by atoms with Crippen LogP contribution >= 0.6 is 0 Å². The number of carboxylic acid groups (broad SMARTS) is 1. The first kappa shape index (κ1) is 24.9. The predicted octanol–water partition coefficient (Wildman–Crippen LogP) is 3.80. The minimum absolute atomic E-state index is 0.0936. The highest BCUT2D eigenvalue weighted by Crippen LogP contribution is 2.14. The van der Waals surface area contributed by atoms with Crippen LogP contribution in [0.25, 0.3) is 0 Å². The molecule has 7 heteroatoms. The minimum Gasteiger partial charge on any atom is -0.480 e. The largest absolute Gasteiger partial charge is 0.480 e. The summed E-state index contributed by atoms with van der Waals surface area (Å²) in [7, 11) is 1.40. The number of carboxylic acids is 1. The number of carbonyl (C=O) groups is 2. The van der Waals surface area contributed by atoms with E-state index in [1.165, 1.54) is 39.2 Å². The number of likely N-dealkylation sites (N-methyl/N-ethyl adjacent to an activating group) is 1. The van der Waals surface area contributed by atoms with Gasteiger partial charge in [0.2, 0.25) is 0 Å². The van der Waals surface area contributed by atoms with Crippen LogP contribution in [0, 0.1) is 0 Å². The summed E-state index contributed by atoms with van der Waals surface area (Å²) in [5, 5.41) is 9.23. The van der Waals surface area contributed by atoms with Crippen LogP contribution in [-0.2, 0) is 20.9 Å². The lowest BCUT2D eigenvalue weighted by Crippen LogP contribution is -2.45. The summed E-state index contributed by atoms with van der Waals surface area (Å²) < 4.78 is 10.4. The highest BCUT2D eigenvalue weighted by Gasteiger charge is 2.27. The smallest absolute Gasteiger partial charge is 0.410 e. The van der Waals surface area contributed by atoms with Crippen molar-refractivity contribution in [3.63, 3.8) is 0 Å². The van der Waals surface area contributed by atoms with Crippen LogP contribution in [-0.4, -0.2) is 54.4 Å². The molecule has 1 aliphatic carbocycles. The molecule has 0 unspecified atom stereocenters. The summed E-state index contributed by atoms with van der Waals surface area (Å²) in [6.07, 6.45) is 7.67. The van der Waals surface area contributed by atoms with Gasteiger partial charge in [0.05, 0.1) is 19.8 Å². The van der Waals surface area contributed by atoms with Gasteiger partial charge in [-0.2, -0.15) is 0 Å². The van der Waals surface area contributed by atoms with Crippen molar-refractivity contribution in [2.45, 2.75) is 70.6 Å². The van der Waals surface area contributed by atoms with Crippen molar-refractivity contribution < 1.29 is 24.2 Å². The number of amides is 1. The monoisotopic (exact) mass is 408 g/mol. The van der Waals surface area contributed by atoms with Crippen molar-refractivity contribution in [3.05, 3.63) is 35.9 Å². The first-order chi connectivity index (χ1) is 14.0. The van der Waals surface area contributed by atoms with E-state index in [9.17, 15) is 14.7 Å². The molecule has 1 saturated carbocycles. The lowest BCUT2D eigenvalue weighted by Gasteiger charge is -2.24. The van der Waals surface area contributed by atoms with Gasteiger partial charge >= 0.3 is 12.1 Å². The third-order valence-corrected chi connectivity index (χ3v) is 4.80. The molecular weight excluding hydrogens is 372 g/mol. The van der Waals surface area contributed by atoms with Crippen LogP contribution in [0.15, 0.2) is 30.3 Å². The Morgan fingerprint density at radius 2 is 1.86 bits per heavy atom. The quantitative estimate of drug-likeness (QED) is 0.603. The number of unbranched alkanes of at least 4 members (excludes halogenated alkanes) is 1. The van der Waals surface area contributed by atoms with E-state index in [0.717, 1.165) is 23.3 Å². The zero-order valence-electron chi connectivity index (χ0n) is 17.7. The fraction of sp³-hybridized carbons (Fsp3) is 0.636. The number of hydrogen-bond acceptors (Lipinski definition) is 5. The topological polar surface area (TPSA) is 102 Å². The molecular formula is C22H36N2O5. The van der Waals surface area contributed by atoms with Crippen LogP contribution < -0.4 is 5.73 Å². The first-order valence-electron chi connectivity index (χ1n) is 10.4. The number of ether oxygens (including phenoxy) is 2. The van der Waals surface area contributed by atoms with Gasteiger partial charge in [0.25, 0.3) is 0 Å². The maximum absolute atomic E-state index is 11.8. The van der Waals surface area contributed by atoms with Crippen LogP contribution in [0.4, 0.5) is 4.79 Å². The number of rotatable bonds is 9. The van der Waals surface area contributed by atoms with Gasteiger partial charge in [-0.3, -0.25) is 4.90 Å². The van der Waals surface area contributed by atoms with E-state index in [2.05, 4.69) is 0 Å². The van der Waals surface area contributed by atoms with Gasteiger partial charge in [-0.1, -0.05) is 62.9 Å². The maximum atomic E-state index is 11.8. The lowest BCUT2D eigenvalue weighted by atomic mass is 9.97. The molecule has 0 heterocycles. The minimum atomic E-state index is -1.12. The van der Waals surface area contributed by atoms with Crippen molar-refractivity contribution in [2.75, 3.05) is 20.3 Å². The molecule has 1 amide bonds.